The average Bonchev–Trinajstić information content (AvgIpc) is 1.66. The van der Waals surface area contributed by atoms with Crippen LogP contribution in [0.1, 0.15) is 108 Å². The van der Waals surface area contributed by atoms with Crippen molar-refractivity contribution >= 4 is 101 Å². The second-order valence-corrected chi connectivity index (χ2v) is 30.3. The highest BCUT2D eigenvalue weighted by molar-refractivity contribution is 7.00. The molecule has 0 aliphatic carbocycles. The van der Waals surface area contributed by atoms with E-state index < -0.39 is 189 Å². The summed E-state index contributed by atoms with van der Waals surface area (Å²) in [7, 11) is 0. The number of para-hydroxylation sites is 5. The maximum Gasteiger partial charge on any atom is 0.252 e. The molecule has 0 atom stereocenters. The van der Waals surface area contributed by atoms with Crippen LogP contribution in [0.2, 0.25) is 0 Å². The van der Waals surface area contributed by atoms with E-state index in [4.69, 9.17) is 4.74 Å². The van der Waals surface area contributed by atoms with Crippen LogP contribution < -0.4 is 30.9 Å². The van der Waals surface area contributed by atoms with Crippen LogP contribution >= 0.6 is 0 Å². The average molecular weight is 1400 g/mol. The lowest BCUT2D eigenvalue weighted by atomic mass is 9.33. The molecule has 20 rings (SSSR count). The number of benzene rings is 15. The Bertz CT molecular complexity index is 7180. The molecule has 5 nitrogen and oxygen atoms in total. The lowest BCUT2D eigenvalue weighted by Crippen LogP contribution is -2.61. The summed E-state index contributed by atoms with van der Waals surface area (Å²) in [5.41, 5.74) is 5.35. The zero-order chi connectivity index (χ0) is 91.3. The Labute approximate surface area is 657 Å². The zero-order valence-electron chi connectivity index (χ0n) is 81.8. The van der Waals surface area contributed by atoms with Gasteiger partial charge in [-0.15, -0.1) is 0 Å². The number of hydrogen-bond donors (Lipinski definition) is 0. The second kappa shape index (κ2) is 24.2. The third kappa shape index (κ3) is 10.1. The first-order valence-corrected chi connectivity index (χ1v) is 35.9. The molecule has 15 aromatic carbocycles. The molecular weight excluding hydrogens is 1300 g/mol. The van der Waals surface area contributed by atoms with Gasteiger partial charge in [0, 0.05) is 94.5 Å². The van der Waals surface area contributed by atoms with E-state index in [-0.39, 0.29) is 60.7 Å². The molecule has 0 saturated carbocycles. The van der Waals surface area contributed by atoms with Crippen molar-refractivity contribution in [3.05, 3.63) is 355 Å². The Balaban J connectivity index is 1.07. The number of nitrogens with zero attached hydrogens (tertiary/aromatic N) is 4. The predicted molar refractivity (Wildman–Crippen MR) is 452 cm³/mol. The van der Waals surface area contributed by atoms with Gasteiger partial charge in [0.15, 0.2) is 0 Å². The van der Waals surface area contributed by atoms with Gasteiger partial charge in [0.05, 0.1) is 63.6 Å². The van der Waals surface area contributed by atoms with Crippen molar-refractivity contribution in [3.8, 4) is 78.5 Å². The molecule has 6 heteroatoms. The third-order valence-electron chi connectivity index (χ3n) is 21.6. The Morgan fingerprint density at radius 3 is 1.07 bits per heavy atom. The first-order valence-electron chi connectivity index (χ1n) is 46.9. The predicted octanol–water partition coefficient (Wildman–Crippen LogP) is 25.3. The Hall–Kier alpha value is -12.6. The first kappa shape index (κ1) is 44.9. The van der Waals surface area contributed by atoms with Crippen molar-refractivity contribution in [1.29, 1.82) is 0 Å². The Morgan fingerprint density at radius 1 is 0.336 bits per heavy atom. The fraction of sp³-hybridized carbons (Fsp3) is 0.109. The lowest BCUT2D eigenvalue weighted by molar-refractivity contribution is 0.418. The van der Waals surface area contributed by atoms with Gasteiger partial charge < -0.3 is 23.7 Å². The van der Waals surface area contributed by atoms with Gasteiger partial charge >= 0.3 is 0 Å². The summed E-state index contributed by atoms with van der Waals surface area (Å²) < 4.78 is 231. The normalized spacial score (nSPS) is 16.4. The fourth-order valence-corrected chi connectivity index (χ4v) is 16.3. The van der Waals surface area contributed by atoms with Crippen LogP contribution in [-0.2, 0) is 16.2 Å². The summed E-state index contributed by atoms with van der Waals surface area (Å²) in [6, 6.07) is 48.3. The molecule has 107 heavy (non-hydrogen) atoms. The maximum absolute atomic E-state index is 11.9. The topological polar surface area (TPSA) is 25.6 Å². The third-order valence-corrected chi connectivity index (χ3v) is 21.6. The number of rotatable bonds is 9. The van der Waals surface area contributed by atoms with Crippen LogP contribution in [0.25, 0.3) is 111 Å². The van der Waals surface area contributed by atoms with E-state index in [9.17, 15) is 30.2 Å². The fourth-order valence-electron chi connectivity index (χ4n) is 16.3. The molecule has 0 fully saturated rings. The highest BCUT2D eigenvalue weighted by Crippen LogP contribution is 2.57. The van der Waals surface area contributed by atoms with Gasteiger partial charge in [0.2, 0.25) is 0 Å². The highest BCUT2D eigenvalue weighted by Gasteiger charge is 2.47. The van der Waals surface area contributed by atoms with Crippen LogP contribution in [0.15, 0.2) is 333 Å². The van der Waals surface area contributed by atoms with E-state index in [1.807, 2.05) is 186 Å². The molecule has 0 radical (unpaired) electrons. The molecule has 0 bridgehead atoms. The monoisotopic (exact) mass is 1400 g/mol. The van der Waals surface area contributed by atoms with Crippen molar-refractivity contribution in [2.24, 2.45) is 0 Å². The molecule has 2 aromatic heterocycles. The van der Waals surface area contributed by atoms with E-state index in [0.717, 1.165) is 31.4 Å². The summed E-state index contributed by atoms with van der Waals surface area (Å²) in [6.07, 6.45) is 0. The lowest BCUT2D eigenvalue weighted by Gasteiger charge is -2.46. The number of aromatic nitrogens is 2. The molecule has 512 valence electrons. The van der Waals surface area contributed by atoms with Gasteiger partial charge in [-0.1, -0.05) is 292 Å². The molecular formula is C101H79BN4O. The van der Waals surface area contributed by atoms with Crippen molar-refractivity contribution in [1.82, 2.24) is 9.13 Å². The van der Waals surface area contributed by atoms with Crippen LogP contribution in [-0.4, -0.2) is 15.8 Å². The quantitative estimate of drug-likeness (QED) is 0.135. The summed E-state index contributed by atoms with van der Waals surface area (Å²) >= 11 is 0. The highest BCUT2D eigenvalue weighted by atomic mass is 16.5. The molecule has 3 aliphatic heterocycles. The van der Waals surface area contributed by atoms with Crippen molar-refractivity contribution in [2.45, 2.75) is 71.6 Å². The molecule has 0 amide bonds. The first-order chi connectivity index (χ1) is 61.3. The minimum Gasteiger partial charge on any atom is -0.457 e. The minimum atomic E-state index is -1.71. The smallest absolute Gasteiger partial charge is 0.252 e. The van der Waals surface area contributed by atoms with Crippen LogP contribution in [0.5, 0.6) is 11.5 Å². The maximum atomic E-state index is 11.9. The van der Waals surface area contributed by atoms with E-state index in [2.05, 4.69) is 79.7 Å². The van der Waals surface area contributed by atoms with Crippen molar-refractivity contribution < 1.29 is 34.9 Å². The van der Waals surface area contributed by atoms with Crippen molar-refractivity contribution in [3.63, 3.8) is 0 Å². The van der Waals surface area contributed by atoms with Crippen molar-refractivity contribution in [2.75, 3.05) is 9.80 Å². The van der Waals surface area contributed by atoms with E-state index >= 15 is 0 Å². The standard InChI is InChI=1S/C101H79BN4O/c1-99(2,3)70-58-78(64-31-13-9-14-32-64)97(79(59-70)65-33-15-10-16-34-65)105-90-62-72(103-86-44-26-21-39-74(86)75-40-22-27-45-87(75)103)50-53-84(90)102-85-54-51-73(104-88-46-28-23-41-76(88)77-42-24-29-47-89(77)104)63-91(85)106(98-80(66-35-17-11-18-36-66)60-71(100(4,5)6)61-81(98)67-37-19-12-20-38-67)93-56-69(55-92(105)96(93)102)68-49-52-83-95(57-68)107-94-48-30-25-43-82(94)101(83,7)8/h9-63H,1-8H3/i21D,22D,23D,24D,26D,27D,28D,29D,39D,40D,41D,42D,44D,45D,46D,47D,50D,51D,53D,54D,62D,63D. The number of anilines is 6. The molecule has 0 spiro atoms. The van der Waals surface area contributed by atoms with Gasteiger partial charge in [-0.25, -0.2) is 0 Å². The molecule has 0 unspecified atom stereocenters. The number of fused-ring (bicyclic) bond motifs is 12. The second-order valence-electron chi connectivity index (χ2n) is 30.3. The summed E-state index contributed by atoms with van der Waals surface area (Å²) in [4.78, 5) is 3.76. The van der Waals surface area contributed by atoms with Crippen LogP contribution in [0, 0.1) is 0 Å². The molecule has 3 aliphatic rings. The van der Waals surface area contributed by atoms with Gasteiger partial charge in [-0.05, 0) is 169 Å². The minimum absolute atomic E-state index is 0.184. The summed E-state index contributed by atoms with van der Waals surface area (Å²) in [5.74, 6) is 1.11. The molecule has 17 aromatic rings. The summed E-state index contributed by atoms with van der Waals surface area (Å²) in [6.45, 7) is 15.1. The zero-order valence-corrected chi connectivity index (χ0v) is 59.8. The van der Waals surface area contributed by atoms with Gasteiger partial charge in [0.1, 0.15) is 11.5 Å². The van der Waals surface area contributed by atoms with Crippen LogP contribution in [0.4, 0.5) is 34.1 Å². The van der Waals surface area contributed by atoms with Gasteiger partial charge in [-0.2, -0.15) is 0 Å². The largest absolute Gasteiger partial charge is 0.457 e. The SMILES string of the molecule is [2H]c1c([2H])c(-n2c3c([2H])c([2H])c([2H])c([2H])c3c3c([2H])c([2H])c([2H])c([2H])c32)c([2H])c2c1B1c3c(cc(-c4ccc5c(c4)Oc4ccccc4C5(C)C)cc3N(c3c(-c4ccccc4)cc(C(C)(C)C)cc3-c3ccccc3)c3c([2H])c(-n4c5c([2H])c([2H])c([2H])c([2H])c5c5c([2H])c([2H])c([2H])c([2H])c54)c([2H])c([2H])c31)N2c1c(-c2ccccc2)cc(C(C)(C)C)cc1-c1ccccc1. The Kier molecular flexibility index (Phi) is 10.2. The molecule has 5 heterocycles. The van der Waals surface area contributed by atoms with E-state index in [1.165, 1.54) is 0 Å². The Morgan fingerprint density at radius 2 is 0.692 bits per heavy atom. The summed E-state index contributed by atoms with van der Waals surface area (Å²) in [5, 5.41) is -1.46. The molecule has 0 saturated heterocycles. The van der Waals surface area contributed by atoms with Gasteiger partial charge in [0.25, 0.3) is 6.71 Å². The molecule has 0 N–H and O–H groups in total. The van der Waals surface area contributed by atoms with Gasteiger partial charge in [-0.3, -0.25) is 0 Å². The van der Waals surface area contributed by atoms with Crippen LogP contribution in [0.3, 0.4) is 0 Å². The van der Waals surface area contributed by atoms with E-state index in [0.29, 0.717) is 78.5 Å². The number of ether oxygens (including phenoxy) is 1. The number of hydrogen-bond acceptors (Lipinski definition) is 3. The van der Waals surface area contributed by atoms with E-state index in [1.54, 1.807) is 0 Å².